The van der Waals surface area contributed by atoms with Crippen molar-refractivity contribution in [3.8, 4) is 5.75 Å². The van der Waals surface area contributed by atoms with E-state index in [0.29, 0.717) is 37.4 Å². The molecule has 0 radical (unpaired) electrons. The van der Waals surface area contributed by atoms with Gasteiger partial charge < -0.3 is 15.4 Å². The van der Waals surface area contributed by atoms with Gasteiger partial charge in [0.2, 0.25) is 15.9 Å². The second-order valence-electron chi connectivity index (χ2n) is 7.90. The highest BCUT2D eigenvalue weighted by molar-refractivity contribution is 7.89. The summed E-state index contributed by atoms with van der Waals surface area (Å²) in [5, 5.41) is 5.55. The molecule has 2 amide bonds. The van der Waals surface area contributed by atoms with Gasteiger partial charge in [-0.15, -0.1) is 0 Å². The Kier molecular flexibility index (Phi) is 5.97. The first-order chi connectivity index (χ1) is 14.8. The number of carbonyl (C=O) groups is 2. The first kappa shape index (κ1) is 21.3. The molecular formula is C22H25N3O5S. The number of ether oxygens (including phenoxy) is 1. The number of amides is 2. The zero-order valence-electron chi connectivity index (χ0n) is 17.3. The first-order valence-electron chi connectivity index (χ1n) is 10.2. The quantitative estimate of drug-likeness (QED) is 0.736. The van der Waals surface area contributed by atoms with E-state index in [4.69, 9.17) is 4.74 Å². The van der Waals surface area contributed by atoms with Gasteiger partial charge in [0.15, 0.2) is 6.61 Å². The molecule has 0 bridgehead atoms. The smallest absolute Gasteiger partial charge is 0.262 e. The Morgan fingerprint density at radius 1 is 1.23 bits per heavy atom. The van der Waals surface area contributed by atoms with Gasteiger partial charge in [0.25, 0.3) is 5.91 Å². The van der Waals surface area contributed by atoms with Crippen LogP contribution in [-0.2, 0) is 26.2 Å². The minimum Gasteiger partial charge on any atom is -0.482 e. The van der Waals surface area contributed by atoms with E-state index in [9.17, 15) is 18.0 Å². The second kappa shape index (κ2) is 8.68. The number of carbonyl (C=O) groups excluding carboxylic acids is 2. The van der Waals surface area contributed by atoms with Crippen molar-refractivity contribution in [3.05, 3.63) is 53.6 Å². The lowest BCUT2D eigenvalue weighted by molar-refractivity contribution is -0.126. The summed E-state index contributed by atoms with van der Waals surface area (Å²) in [6, 6.07) is 12.3. The van der Waals surface area contributed by atoms with Gasteiger partial charge in [-0.05, 0) is 43.5 Å². The van der Waals surface area contributed by atoms with Gasteiger partial charge in [0, 0.05) is 19.6 Å². The minimum absolute atomic E-state index is 0.0674. The Balaban J connectivity index is 1.43. The maximum Gasteiger partial charge on any atom is 0.262 e. The molecule has 0 unspecified atom stereocenters. The van der Waals surface area contributed by atoms with E-state index >= 15 is 0 Å². The van der Waals surface area contributed by atoms with Crippen LogP contribution in [0.5, 0.6) is 5.75 Å². The number of nitrogens with one attached hydrogen (secondary N) is 2. The molecule has 2 heterocycles. The summed E-state index contributed by atoms with van der Waals surface area (Å²) in [6.07, 6.45) is 1.24. The fourth-order valence-corrected chi connectivity index (χ4v) is 5.34. The Morgan fingerprint density at radius 3 is 2.77 bits per heavy atom. The Labute approximate surface area is 181 Å². The van der Waals surface area contributed by atoms with Crippen molar-refractivity contribution in [1.82, 2.24) is 9.62 Å². The molecular weight excluding hydrogens is 418 g/mol. The largest absolute Gasteiger partial charge is 0.482 e. The Bertz CT molecular complexity index is 1100. The summed E-state index contributed by atoms with van der Waals surface area (Å²) in [6.45, 7) is 2.80. The summed E-state index contributed by atoms with van der Waals surface area (Å²) in [4.78, 5) is 24.3. The molecule has 31 heavy (non-hydrogen) atoms. The molecule has 164 valence electrons. The zero-order valence-corrected chi connectivity index (χ0v) is 18.1. The highest BCUT2D eigenvalue weighted by Crippen LogP contribution is 2.32. The van der Waals surface area contributed by atoms with E-state index < -0.39 is 15.9 Å². The van der Waals surface area contributed by atoms with Crippen LogP contribution in [0.3, 0.4) is 0 Å². The van der Waals surface area contributed by atoms with E-state index in [-0.39, 0.29) is 29.9 Å². The number of aryl methyl sites for hydroxylation is 1. The molecule has 2 aliphatic rings. The molecule has 2 N–H and O–H groups in total. The molecule has 0 saturated carbocycles. The summed E-state index contributed by atoms with van der Waals surface area (Å²) in [5.74, 6) is -0.447. The van der Waals surface area contributed by atoms with Gasteiger partial charge in [0.05, 0.1) is 16.5 Å². The van der Waals surface area contributed by atoms with Crippen molar-refractivity contribution in [2.75, 3.05) is 25.0 Å². The normalized spacial score (nSPS) is 19.1. The molecule has 1 atom stereocenters. The van der Waals surface area contributed by atoms with Crippen LogP contribution in [0.15, 0.2) is 47.4 Å². The fourth-order valence-electron chi connectivity index (χ4n) is 3.79. The topological polar surface area (TPSA) is 105 Å². The van der Waals surface area contributed by atoms with Gasteiger partial charge in [-0.2, -0.15) is 4.31 Å². The predicted molar refractivity (Wildman–Crippen MR) is 115 cm³/mol. The van der Waals surface area contributed by atoms with Crippen molar-refractivity contribution in [1.29, 1.82) is 0 Å². The Hall–Kier alpha value is -2.91. The lowest BCUT2D eigenvalue weighted by Crippen LogP contribution is -2.45. The first-order valence-corrected chi connectivity index (χ1v) is 11.7. The van der Waals surface area contributed by atoms with Crippen LogP contribution in [0.1, 0.15) is 24.0 Å². The van der Waals surface area contributed by atoms with Crippen molar-refractivity contribution in [2.24, 2.45) is 5.92 Å². The fraction of sp³-hybridized carbons (Fsp3) is 0.364. The summed E-state index contributed by atoms with van der Waals surface area (Å²) in [7, 11) is -3.80. The summed E-state index contributed by atoms with van der Waals surface area (Å²) >= 11 is 0. The van der Waals surface area contributed by atoms with Gasteiger partial charge in [-0.1, -0.05) is 29.8 Å². The lowest BCUT2D eigenvalue weighted by atomic mass is 9.98. The number of piperidine rings is 1. The third-order valence-electron chi connectivity index (χ3n) is 5.56. The van der Waals surface area contributed by atoms with E-state index in [1.165, 1.54) is 22.5 Å². The third-order valence-corrected chi connectivity index (χ3v) is 7.43. The van der Waals surface area contributed by atoms with E-state index in [2.05, 4.69) is 10.6 Å². The molecule has 2 aromatic rings. The van der Waals surface area contributed by atoms with Gasteiger partial charge in [0.1, 0.15) is 5.75 Å². The molecule has 1 fully saturated rings. The van der Waals surface area contributed by atoms with Crippen molar-refractivity contribution in [2.45, 2.75) is 31.2 Å². The number of hydrogen-bond acceptors (Lipinski definition) is 5. The second-order valence-corrected chi connectivity index (χ2v) is 9.84. The van der Waals surface area contributed by atoms with Crippen LogP contribution in [-0.4, -0.2) is 44.2 Å². The molecule has 0 aliphatic carbocycles. The molecule has 4 rings (SSSR count). The van der Waals surface area contributed by atoms with Gasteiger partial charge >= 0.3 is 0 Å². The van der Waals surface area contributed by atoms with Gasteiger partial charge in [-0.3, -0.25) is 9.59 Å². The van der Waals surface area contributed by atoms with Crippen LogP contribution < -0.4 is 15.4 Å². The van der Waals surface area contributed by atoms with E-state index in [1.807, 2.05) is 31.2 Å². The summed E-state index contributed by atoms with van der Waals surface area (Å²) < 4.78 is 33.0. The third kappa shape index (κ3) is 4.72. The highest BCUT2D eigenvalue weighted by Gasteiger charge is 2.34. The van der Waals surface area contributed by atoms with Crippen molar-refractivity contribution in [3.63, 3.8) is 0 Å². The number of hydrogen-bond donors (Lipinski definition) is 2. The molecule has 1 saturated heterocycles. The van der Waals surface area contributed by atoms with Crippen LogP contribution in [0.4, 0.5) is 5.69 Å². The van der Waals surface area contributed by atoms with Crippen molar-refractivity contribution >= 4 is 27.5 Å². The molecule has 9 heteroatoms. The maximum atomic E-state index is 13.2. The van der Waals surface area contributed by atoms with Crippen LogP contribution in [0.2, 0.25) is 0 Å². The highest BCUT2D eigenvalue weighted by atomic mass is 32.2. The average molecular weight is 444 g/mol. The number of anilines is 1. The maximum absolute atomic E-state index is 13.2. The number of benzene rings is 2. The van der Waals surface area contributed by atoms with Crippen LogP contribution in [0.25, 0.3) is 0 Å². The molecule has 0 spiro atoms. The minimum atomic E-state index is -3.80. The van der Waals surface area contributed by atoms with E-state index in [1.54, 1.807) is 0 Å². The standard InChI is InChI=1S/C22H25N3O5S/c1-15-4-6-16(7-5-15)12-23-22(27)17-3-2-10-25(13-17)31(28,29)18-8-9-20-19(11-18)24-21(26)14-30-20/h4-9,11,17H,2-3,10,12-14H2,1H3,(H,23,27)(H,24,26)/t17-/m1/s1. The van der Waals surface area contributed by atoms with Gasteiger partial charge in [-0.25, -0.2) is 8.42 Å². The number of sulfonamides is 1. The predicted octanol–water partition coefficient (Wildman–Crippen LogP) is 2.04. The molecule has 0 aromatic heterocycles. The van der Waals surface area contributed by atoms with E-state index in [0.717, 1.165) is 11.1 Å². The molecule has 2 aliphatic heterocycles. The van der Waals surface area contributed by atoms with Crippen molar-refractivity contribution < 1.29 is 22.7 Å². The molecule has 8 nitrogen and oxygen atoms in total. The average Bonchev–Trinajstić information content (AvgIpc) is 2.78. The number of rotatable bonds is 5. The Morgan fingerprint density at radius 2 is 2.00 bits per heavy atom. The number of nitrogens with zero attached hydrogens (tertiary/aromatic N) is 1. The van der Waals surface area contributed by atoms with Crippen LogP contribution >= 0.6 is 0 Å². The van der Waals surface area contributed by atoms with Crippen LogP contribution in [0, 0.1) is 12.8 Å². The summed E-state index contributed by atoms with van der Waals surface area (Å²) in [5.41, 5.74) is 2.48. The zero-order chi connectivity index (χ0) is 22.0. The SMILES string of the molecule is Cc1ccc(CNC(=O)[C@@H]2CCCN(S(=O)(=O)c3ccc4c(c3)NC(=O)CO4)C2)cc1. The lowest BCUT2D eigenvalue weighted by Gasteiger charge is -2.31. The monoisotopic (exact) mass is 443 g/mol. The molecule has 2 aromatic carbocycles. The number of fused-ring (bicyclic) bond motifs is 1.